The summed E-state index contributed by atoms with van der Waals surface area (Å²) in [4.78, 5) is 21.6. The van der Waals surface area contributed by atoms with Gasteiger partial charge in [0.1, 0.15) is 16.4 Å². The van der Waals surface area contributed by atoms with Crippen LogP contribution >= 0.6 is 35.1 Å². The number of hydrogen-bond acceptors (Lipinski definition) is 5. The number of aryl methyl sites for hydroxylation is 3. The Balaban J connectivity index is 1.64. The second-order valence-corrected chi connectivity index (χ2v) is 12.0. The topological polar surface area (TPSA) is 58.4 Å². The van der Waals surface area contributed by atoms with Crippen molar-refractivity contribution < 1.29 is 9.21 Å². The fourth-order valence-corrected chi connectivity index (χ4v) is 6.47. The van der Waals surface area contributed by atoms with Crippen LogP contribution in [0.1, 0.15) is 28.1 Å². The number of furan rings is 1. The molecule has 0 unspecified atom stereocenters. The van der Waals surface area contributed by atoms with Crippen molar-refractivity contribution in [3.8, 4) is 11.1 Å². The van der Waals surface area contributed by atoms with Crippen LogP contribution < -0.4 is 10.2 Å². The number of aromatic nitrogens is 1. The summed E-state index contributed by atoms with van der Waals surface area (Å²) in [5.74, 6) is 0.710. The Morgan fingerprint density at radius 1 is 0.951 bits per heavy atom. The van der Waals surface area contributed by atoms with Gasteiger partial charge in [0.15, 0.2) is 0 Å². The maximum atomic E-state index is 14.1. The molecule has 0 saturated heterocycles. The second kappa shape index (κ2) is 12.6. The summed E-state index contributed by atoms with van der Waals surface area (Å²) in [6.07, 6.45) is 4.00. The van der Waals surface area contributed by atoms with Gasteiger partial charge in [0, 0.05) is 33.1 Å². The van der Waals surface area contributed by atoms with Gasteiger partial charge in [0.25, 0.3) is 0 Å². The summed E-state index contributed by atoms with van der Waals surface area (Å²) in [5, 5.41) is 5.52. The lowest BCUT2D eigenvalue weighted by Gasteiger charge is -2.27. The number of carbonyl (C=O) groups excluding carboxylic acids is 1. The molecule has 0 aliphatic heterocycles. The Morgan fingerprint density at radius 2 is 1.68 bits per heavy atom. The molecule has 8 heteroatoms. The maximum Gasteiger partial charge on any atom is 0.322 e. The summed E-state index contributed by atoms with van der Waals surface area (Å²) in [6, 6.07) is 23.9. The molecule has 3 aromatic carbocycles. The molecule has 5 rings (SSSR count). The summed E-state index contributed by atoms with van der Waals surface area (Å²) in [7, 11) is 0. The number of rotatable bonds is 8. The number of anilines is 1. The summed E-state index contributed by atoms with van der Waals surface area (Å²) in [5.41, 5.74) is 7.66. The number of hydrogen-bond donors (Lipinski definition) is 1. The zero-order chi connectivity index (χ0) is 29.1. The smallest absolute Gasteiger partial charge is 0.322 e. The first kappa shape index (κ1) is 29.1. The van der Waals surface area contributed by atoms with Gasteiger partial charge in [-0.3, -0.25) is 4.90 Å². The van der Waals surface area contributed by atoms with E-state index in [0.717, 1.165) is 54.5 Å². The SMILES string of the molecule is CSc1cc(C)nc(SC)c1N(Cc1oc2ccc(C)cc2c1-c1ccc(C)cc1)C(=O)NCc1ccccc1Cl. The molecular formula is C33H32ClN3O2S2. The highest BCUT2D eigenvalue weighted by atomic mass is 35.5. The van der Waals surface area contributed by atoms with E-state index in [9.17, 15) is 4.79 Å². The Kier molecular flexibility index (Phi) is 8.97. The molecule has 2 amide bonds. The van der Waals surface area contributed by atoms with Gasteiger partial charge in [-0.15, -0.1) is 23.5 Å². The van der Waals surface area contributed by atoms with Crippen molar-refractivity contribution in [1.82, 2.24) is 10.3 Å². The van der Waals surface area contributed by atoms with E-state index in [4.69, 9.17) is 21.0 Å². The number of halogens is 1. The normalized spacial score (nSPS) is 11.2. The fraction of sp³-hybridized carbons (Fsp3) is 0.212. The minimum atomic E-state index is -0.257. The first-order valence-electron chi connectivity index (χ1n) is 13.3. The largest absolute Gasteiger partial charge is 0.458 e. The predicted molar refractivity (Wildman–Crippen MR) is 174 cm³/mol. The minimum absolute atomic E-state index is 0.219. The van der Waals surface area contributed by atoms with Crippen molar-refractivity contribution in [3.63, 3.8) is 0 Å². The Hall–Kier alpha value is -3.39. The van der Waals surface area contributed by atoms with E-state index in [1.54, 1.807) is 16.7 Å². The maximum absolute atomic E-state index is 14.1. The van der Waals surface area contributed by atoms with Crippen LogP contribution in [-0.2, 0) is 13.1 Å². The fourth-order valence-electron chi connectivity index (χ4n) is 4.87. The molecule has 5 aromatic rings. The van der Waals surface area contributed by atoms with E-state index in [-0.39, 0.29) is 12.6 Å². The minimum Gasteiger partial charge on any atom is -0.458 e. The average molecular weight is 602 g/mol. The zero-order valence-corrected chi connectivity index (χ0v) is 26.1. The molecular weight excluding hydrogens is 570 g/mol. The number of thioether (sulfide) groups is 2. The van der Waals surface area contributed by atoms with Gasteiger partial charge < -0.3 is 9.73 Å². The molecule has 0 atom stereocenters. The Bertz CT molecular complexity index is 1690. The molecule has 210 valence electrons. The van der Waals surface area contributed by atoms with Crippen LogP contribution in [0.5, 0.6) is 0 Å². The summed E-state index contributed by atoms with van der Waals surface area (Å²) < 4.78 is 6.52. The van der Waals surface area contributed by atoms with Gasteiger partial charge in [-0.1, -0.05) is 71.3 Å². The molecule has 2 heterocycles. The van der Waals surface area contributed by atoms with Crippen LogP contribution in [0.4, 0.5) is 10.5 Å². The number of benzene rings is 3. The molecule has 0 spiro atoms. The highest BCUT2D eigenvalue weighted by Crippen LogP contribution is 2.41. The van der Waals surface area contributed by atoms with E-state index in [1.165, 1.54) is 17.3 Å². The van der Waals surface area contributed by atoms with Crippen LogP contribution in [0.2, 0.25) is 5.02 Å². The van der Waals surface area contributed by atoms with E-state index >= 15 is 0 Å². The number of nitrogens with one attached hydrogen (secondary N) is 1. The third-order valence-corrected chi connectivity index (χ3v) is 8.72. The molecule has 0 bridgehead atoms. The van der Waals surface area contributed by atoms with Crippen molar-refractivity contribution in [2.75, 3.05) is 17.4 Å². The molecule has 5 nitrogen and oxygen atoms in total. The van der Waals surface area contributed by atoms with Crippen LogP contribution in [0, 0.1) is 20.8 Å². The Labute approximate surface area is 254 Å². The van der Waals surface area contributed by atoms with Crippen molar-refractivity contribution in [3.05, 3.63) is 106 Å². The highest BCUT2D eigenvalue weighted by molar-refractivity contribution is 7.99. The quantitative estimate of drug-likeness (QED) is 0.179. The predicted octanol–water partition coefficient (Wildman–Crippen LogP) is 9.43. The van der Waals surface area contributed by atoms with E-state index in [1.807, 2.05) is 61.9 Å². The lowest BCUT2D eigenvalue weighted by Crippen LogP contribution is -2.40. The molecule has 41 heavy (non-hydrogen) atoms. The standard InChI is InChI=1S/C33H32ClN3O2S2/c1-20-10-13-23(14-11-20)30-25-16-21(2)12-15-27(25)39-28(30)19-37(31-29(40-4)17-22(3)36-32(31)41-5)33(38)35-18-24-8-6-7-9-26(24)34/h6-17H,18-19H2,1-5H3,(H,35,38). The summed E-state index contributed by atoms with van der Waals surface area (Å²) in [6.45, 7) is 6.64. The lowest BCUT2D eigenvalue weighted by atomic mass is 9.99. The highest BCUT2D eigenvalue weighted by Gasteiger charge is 2.27. The first-order valence-corrected chi connectivity index (χ1v) is 16.1. The van der Waals surface area contributed by atoms with Crippen LogP contribution in [0.25, 0.3) is 22.1 Å². The van der Waals surface area contributed by atoms with Gasteiger partial charge in [-0.05, 0) is 68.7 Å². The number of amides is 2. The molecule has 0 aliphatic carbocycles. The molecule has 1 N–H and O–H groups in total. The van der Waals surface area contributed by atoms with Crippen molar-refractivity contribution in [1.29, 1.82) is 0 Å². The Morgan fingerprint density at radius 3 is 2.39 bits per heavy atom. The summed E-state index contributed by atoms with van der Waals surface area (Å²) >= 11 is 9.53. The van der Waals surface area contributed by atoms with Gasteiger partial charge in [0.2, 0.25) is 0 Å². The third kappa shape index (κ3) is 6.27. The van der Waals surface area contributed by atoms with Gasteiger partial charge in [0.05, 0.1) is 12.2 Å². The molecule has 0 aliphatic rings. The number of pyridine rings is 1. The van der Waals surface area contributed by atoms with Crippen LogP contribution in [0.3, 0.4) is 0 Å². The number of urea groups is 1. The second-order valence-electron chi connectivity index (χ2n) is 9.93. The molecule has 0 fully saturated rings. The number of carbonyl (C=O) groups is 1. The third-order valence-electron chi connectivity index (χ3n) is 6.93. The van der Waals surface area contributed by atoms with Crippen molar-refractivity contribution in [2.24, 2.45) is 0 Å². The number of fused-ring (bicyclic) bond motifs is 1. The van der Waals surface area contributed by atoms with E-state index in [0.29, 0.717) is 17.3 Å². The van der Waals surface area contributed by atoms with Gasteiger partial charge in [-0.2, -0.15) is 0 Å². The monoisotopic (exact) mass is 601 g/mol. The van der Waals surface area contributed by atoms with Crippen LogP contribution in [0.15, 0.2) is 87.1 Å². The lowest BCUT2D eigenvalue weighted by molar-refractivity contribution is 0.245. The zero-order valence-electron chi connectivity index (χ0n) is 23.7. The molecule has 0 radical (unpaired) electrons. The van der Waals surface area contributed by atoms with E-state index in [2.05, 4.69) is 49.5 Å². The number of nitrogens with zero attached hydrogens (tertiary/aromatic N) is 2. The van der Waals surface area contributed by atoms with Crippen molar-refractivity contribution in [2.45, 2.75) is 43.8 Å². The molecule has 2 aromatic heterocycles. The van der Waals surface area contributed by atoms with E-state index < -0.39 is 0 Å². The van der Waals surface area contributed by atoms with Crippen molar-refractivity contribution >= 4 is 57.8 Å². The first-order chi connectivity index (χ1) is 19.8. The van der Waals surface area contributed by atoms with Crippen LogP contribution in [-0.4, -0.2) is 23.5 Å². The van der Waals surface area contributed by atoms with Gasteiger partial charge >= 0.3 is 6.03 Å². The average Bonchev–Trinajstić information content (AvgIpc) is 3.32. The molecule has 0 saturated carbocycles. The van der Waals surface area contributed by atoms with Gasteiger partial charge in [-0.25, -0.2) is 9.78 Å².